The summed E-state index contributed by atoms with van der Waals surface area (Å²) in [7, 11) is 0. The third-order valence-corrected chi connectivity index (χ3v) is 2.93. The molecule has 1 aromatic rings. The molecular weight excluding hydrogens is 250 g/mol. The predicted molar refractivity (Wildman–Crippen MR) is 65.0 cm³/mol. The van der Waals surface area contributed by atoms with Gasteiger partial charge in [-0.2, -0.15) is 0 Å². The summed E-state index contributed by atoms with van der Waals surface area (Å²) in [5.41, 5.74) is 0. The van der Waals surface area contributed by atoms with E-state index in [2.05, 4.69) is 10.5 Å². The smallest absolute Gasteiger partial charge is 0.232 e. The lowest BCUT2D eigenvalue weighted by Crippen LogP contribution is -2.33. The van der Waals surface area contributed by atoms with Crippen LogP contribution in [0.3, 0.4) is 0 Å². The van der Waals surface area contributed by atoms with Crippen molar-refractivity contribution in [2.45, 2.75) is 26.7 Å². The first-order valence-corrected chi connectivity index (χ1v) is 6.04. The van der Waals surface area contributed by atoms with E-state index in [0.29, 0.717) is 11.6 Å². The van der Waals surface area contributed by atoms with Gasteiger partial charge in [0.05, 0.1) is 0 Å². The molecule has 1 aliphatic heterocycles. The Hall–Kier alpha value is -2.18. The molecule has 0 radical (unpaired) electrons. The molecule has 1 atom stereocenters. The standard InChI is InChI=1S/C12H15N3O4/c1-7-5-11(17)15(12(7)18)4-3-10(16)13-9-6-8(2)19-14-9/h6-7H,3-5H2,1-2H3,(H,13,14,16)/t7-/m0/s1. The maximum atomic E-state index is 11.6. The molecule has 0 bridgehead atoms. The van der Waals surface area contributed by atoms with Crippen molar-refractivity contribution >= 4 is 23.5 Å². The van der Waals surface area contributed by atoms with Crippen molar-refractivity contribution in [3.63, 3.8) is 0 Å². The van der Waals surface area contributed by atoms with E-state index >= 15 is 0 Å². The first kappa shape index (κ1) is 13.3. The van der Waals surface area contributed by atoms with E-state index in [1.54, 1.807) is 19.9 Å². The van der Waals surface area contributed by atoms with Crippen LogP contribution >= 0.6 is 0 Å². The number of imide groups is 1. The number of hydrogen-bond acceptors (Lipinski definition) is 5. The molecule has 1 fully saturated rings. The Morgan fingerprint density at radius 2 is 2.32 bits per heavy atom. The highest BCUT2D eigenvalue weighted by molar-refractivity contribution is 6.03. The minimum absolute atomic E-state index is 0.0517. The molecule has 0 saturated carbocycles. The normalized spacial score (nSPS) is 19.1. The average Bonchev–Trinajstić information content (AvgIpc) is 2.83. The third-order valence-electron chi connectivity index (χ3n) is 2.93. The number of likely N-dealkylation sites (tertiary alicyclic amines) is 1. The van der Waals surface area contributed by atoms with Crippen LogP contribution in [-0.2, 0) is 14.4 Å². The highest BCUT2D eigenvalue weighted by atomic mass is 16.5. The largest absolute Gasteiger partial charge is 0.360 e. The molecule has 1 N–H and O–H groups in total. The second-order valence-corrected chi connectivity index (χ2v) is 4.61. The minimum Gasteiger partial charge on any atom is -0.360 e. The van der Waals surface area contributed by atoms with Gasteiger partial charge in [-0.05, 0) is 6.92 Å². The van der Waals surface area contributed by atoms with Crippen LogP contribution in [0.25, 0.3) is 0 Å². The lowest BCUT2D eigenvalue weighted by atomic mass is 10.1. The second-order valence-electron chi connectivity index (χ2n) is 4.61. The molecule has 3 amide bonds. The van der Waals surface area contributed by atoms with Gasteiger partial charge in [-0.3, -0.25) is 19.3 Å². The summed E-state index contributed by atoms with van der Waals surface area (Å²) in [5, 5.41) is 6.16. The van der Waals surface area contributed by atoms with Crippen molar-refractivity contribution < 1.29 is 18.9 Å². The van der Waals surface area contributed by atoms with Crippen molar-refractivity contribution in [2.75, 3.05) is 11.9 Å². The quantitative estimate of drug-likeness (QED) is 0.809. The molecule has 2 heterocycles. The maximum absolute atomic E-state index is 11.6. The summed E-state index contributed by atoms with van der Waals surface area (Å²) in [4.78, 5) is 35.9. The summed E-state index contributed by atoms with van der Waals surface area (Å²) < 4.78 is 4.81. The van der Waals surface area contributed by atoms with Crippen molar-refractivity contribution in [1.82, 2.24) is 10.1 Å². The number of rotatable bonds is 4. The molecule has 102 valence electrons. The zero-order chi connectivity index (χ0) is 14.0. The van der Waals surface area contributed by atoms with E-state index in [1.807, 2.05) is 0 Å². The molecule has 0 aromatic carbocycles. The van der Waals surface area contributed by atoms with E-state index in [0.717, 1.165) is 4.90 Å². The monoisotopic (exact) mass is 265 g/mol. The van der Waals surface area contributed by atoms with Gasteiger partial charge < -0.3 is 9.84 Å². The molecule has 19 heavy (non-hydrogen) atoms. The summed E-state index contributed by atoms with van der Waals surface area (Å²) in [6.45, 7) is 3.52. The van der Waals surface area contributed by atoms with Crippen LogP contribution in [0, 0.1) is 12.8 Å². The van der Waals surface area contributed by atoms with E-state index in [-0.39, 0.29) is 43.0 Å². The topological polar surface area (TPSA) is 92.5 Å². The number of carbonyl (C=O) groups is 3. The van der Waals surface area contributed by atoms with Crippen molar-refractivity contribution in [3.8, 4) is 0 Å². The van der Waals surface area contributed by atoms with Crippen LogP contribution in [0.2, 0.25) is 0 Å². The fourth-order valence-electron chi connectivity index (χ4n) is 1.93. The van der Waals surface area contributed by atoms with E-state index in [9.17, 15) is 14.4 Å². The van der Waals surface area contributed by atoms with Gasteiger partial charge in [0.15, 0.2) is 5.82 Å². The molecule has 1 saturated heterocycles. The predicted octanol–water partition coefficient (Wildman–Crippen LogP) is 0.707. The number of nitrogens with one attached hydrogen (secondary N) is 1. The average molecular weight is 265 g/mol. The lowest BCUT2D eigenvalue weighted by Gasteiger charge is -2.13. The number of aromatic nitrogens is 1. The molecule has 1 aromatic heterocycles. The molecule has 7 heteroatoms. The number of carbonyl (C=O) groups excluding carboxylic acids is 3. The fourth-order valence-corrected chi connectivity index (χ4v) is 1.93. The first-order valence-electron chi connectivity index (χ1n) is 6.04. The van der Waals surface area contributed by atoms with Gasteiger partial charge >= 0.3 is 0 Å². The van der Waals surface area contributed by atoms with E-state index < -0.39 is 0 Å². The first-order chi connectivity index (χ1) is 8.97. The minimum atomic E-state index is -0.312. The molecular formula is C12H15N3O4. The SMILES string of the molecule is Cc1cc(NC(=O)CCN2C(=O)C[C@H](C)C2=O)no1. The third kappa shape index (κ3) is 2.98. The fraction of sp³-hybridized carbons (Fsp3) is 0.500. The lowest BCUT2D eigenvalue weighted by molar-refractivity contribution is -0.139. The van der Waals surface area contributed by atoms with Crippen LogP contribution in [0.5, 0.6) is 0 Å². The number of amides is 3. The van der Waals surface area contributed by atoms with Crippen LogP contribution in [-0.4, -0.2) is 34.3 Å². The number of aryl methyl sites for hydroxylation is 1. The molecule has 0 aliphatic carbocycles. The van der Waals surface area contributed by atoms with E-state index in [4.69, 9.17) is 4.52 Å². The van der Waals surface area contributed by atoms with Gasteiger partial charge in [0.1, 0.15) is 5.76 Å². The van der Waals surface area contributed by atoms with Gasteiger partial charge in [0.25, 0.3) is 0 Å². The van der Waals surface area contributed by atoms with Gasteiger partial charge in [0, 0.05) is 31.4 Å². The van der Waals surface area contributed by atoms with Crippen LogP contribution in [0.1, 0.15) is 25.5 Å². The Labute approximate surface area is 109 Å². The van der Waals surface area contributed by atoms with Crippen molar-refractivity contribution in [3.05, 3.63) is 11.8 Å². The van der Waals surface area contributed by atoms with Crippen LogP contribution < -0.4 is 5.32 Å². The Balaban J connectivity index is 1.84. The Kier molecular flexibility index (Phi) is 3.64. The van der Waals surface area contributed by atoms with Crippen LogP contribution in [0.15, 0.2) is 10.6 Å². The number of hydrogen-bond donors (Lipinski definition) is 1. The highest BCUT2D eigenvalue weighted by Gasteiger charge is 2.35. The second kappa shape index (κ2) is 5.21. The van der Waals surface area contributed by atoms with Crippen LogP contribution in [0.4, 0.5) is 5.82 Å². The Morgan fingerprint density at radius 3 is 2.84 bits per heavy atom. The maximum Gasteiger partial charge on any atom is 0.232 e. The van der Waals surface area contributed by atoms with Gasteiger partial charge in [-0.15, -0.1) is 0 Å². The molecule has 7 nitrogen and oxygen atoms in total. The summed E-state index contributed by atoms with van der Waals surface area (Å²) >= 11 is 0. The zero-order valence-electron chi connectivity index (χ0n) is 10.8. The van der Waals surface area contributed by atoms with E-state index in [1.165, 1.54) is 0 Å². The van der Waals surface area contributed by atoms with Gasteiger partial charge in [0.2, 0.25) is 17.7 Å². The Bertz CT molecular complexity index is 523. The molecule has 1 aliphatic rings. The van der Waals surface area contributed by atoms with Gasteiger partial charge in [-0.1, -0.05) is 12.1 Å². The number of anilines is 1. The van der Waals surface area contributed by atoms with Gasteiger partial charge in [-0.25, -0.2) is 0 Å². The zero-order valence-corrected chi connectivity index (χ0v) is 10.8. The Morgan fingerprint density at radius 1 is 1.58 bits per heavy atom. The number of nitrogens with zero attached hydrogens (tertiary/aromatic N) is 2. The van der Waals surface area contributed by atoms with Crippen molar-refractivity contribution in [2.24, 2.45) is 5.92 Å². The molecule has 0 unspecified atom stereocenters. The summed E-state index contributed by atoms with van der Waals surface area (Å²) in [5.74, 6) is -0.108. The molecule has 0 spiro atoms. The highest BCUT2D eigenvalue weighted by Crippen LogP contribution is 2.18. The van der Waals surface area contributed by atoms with Crippen molar-refractivity contribution in [1.29, 1.82) is 0 Å². The summed E-state index contributed by atoms with van der Waals surface area (Å²) in [6.07, 6.45) is 0.277. The molecule has 2 rings (SSSR count). The summed E-state index contributed by atoms with van der Waals surface area (Å²) in [6, 6.07) is 1.59.